The zero-order valence-corrected chi connectivity index (χ0v) is 28.2. The molecule has 0 bridgehead atoms. The van der Waals surface area contributed by atoms with Gasteiger partial charge in [-0.3, -0.25) is 5.32 Å². The van der Waals surface area contributed by atoms with E-state index in [4.69, 9.17) is 9.62 Å². The number of aryl methyl sites for hydroxylation is 2. The molecule has 0 spiro atoms. The molecule has 4 amide bonds. The quantitative estimate of drug-likeness (QED) is 0.164. The number of aromatic nitrogens is 3. The van der Waals surface area contributed by atoms with Crippen molar-refractivity contribution in [2.45, 2.75) is 59.3 Å². The van der Waals surface area contributed by atoms with E-state index >= 15 is 0 Å². The maximum atomic E-state index is 13.2. The van der Waals surface area contributed by atoms with Gasteiger partial charge in [-0.1, -0.05) is 86.1 Å². The van der Waals surface area contributed by atoms with E-state index in [1.54, 1.807) is 11.6 Å². The van der Waals surface area contributed by atoms with Crippen LogP contribution >= 0.6 is 0 Å². The summed E-state index contributed by atoms with van der Waals surface area (Å²) in [6.45, 7) is 11.5. The number of nitrogens with zero attached hydrogens (tertiary/aromatic N) is 4. The van der Waals surface area contributed by atoms with Gasteiger partial charge >= 0.3 is 12.1 Å². The molecular formula is C38H43N7O3. The van der Waals surface area contributed by atoms with Crippen molar-refractivity contribution in [3.8, 4) is 16.9 Å². The molecule has 0 atom stereocenters. The Labute approximate surface area is 281 Å². The van der Waals surface area contributed by atoms with Crippen molar-refractivity contribution in [2.24, 2.45) is 5.92 Å². The monoisotopic (exact) mass is 645 g/mol. The van der Waals surface area contributed by atoms with Gasteiger partial charge in [0.15, 0.2) is 5.76 Å². The third-order valence-corrected chi connectivity index (χ3v) is 8.78. The molecule has 2 aromatic heterocycles. The molecule has 3 heterocycles. The molecule has 0 aliphatic carbocycles. The van der Waals surface area contributed by atoms with Crippen molar-refractivity contribution in [2.75, 3.05) is 29.0 Å². The molecule has 3 aromatic carbocycles. The number of carbonyl (C=O) groups is 2. The summed E-state index contributed by atoms with van der Waals surface area (Å²) in [7, 11) is 0. The van der Waals surface area contributed by atoms with Crippen molar-refractivity contribution in [1.82, 2.24) is 19.8 Å². The normalized spacial score (nSPS) is 13.7. The van der Waals surface area contributed by atoms with Crippen LogP contribution in [0.2, 0.25) is 0 Å². The Bertz CT molecular complexity index is 1860. The van der Waals surface area contributed by atoms with Gasteiger partial charge in [-0.05, 0) is 68.9 Å². The fourth-order valence-corrected chi connectivity index (χ4v) is 5.89. The van der Waals surface area contributed by atoms with Crippen LogP contribution in [-0.4, -0.2) is 45.0 Å². The lowest BCUT2D eigenvalue weighted by atomic mass is 9.90. The summed E-state index contributed by atoms with van der Waals surface area (Å²) in [4.78, 5) is 28.1. The molecule has 6 rings (SSSR count). The summed E-state index contributed by atoms with van der Waals surface area (Å²) in [6, 6.07) is 27.2. The second-order valence-corrected chi connectivity index (χ2v) is 13.6. The highest BCUT2D eigenvalue weighted by Gasteiger charge is 2.26. The number of hydrogen-bond donors (Lipinski definition) is 3. The Morgan fingerprint density at radius 3 is 2.23 bits per heavy atom. The molecule has 10 heteroatoms. The second-order valence-electron chi connectivity index (χ2n) is 13.6. The first kappa shape index (κ1) is 32.6. The van der Waals surface area contributed by atoms with Crippen molar-refractivity contribution in [3.63, 3.8) is 0 Å². The van der Waals surface area contributed by atoms with Gasteiger partial charge < -0.3 is 20.1 Å². The molecule has 48 heavy (non-hydrogen) atoms. The number of urea groups is 2. The maximum absolute atomic E-state index is 13.2. The van der Waals surface area contributed by atoms with Gasteiger partial charge in [-0.15, -0.1) is 0 Å². The van der Waals surface area contributed by atoms with Gasteiger partial charge in [0.05, 0.1) is 11.4 Å². The third kappa shape index (κ3) is 7.60. The van der Waals surface area contributed by atoms with Crippen LogP contribution in [0.25, 0.3) is 16.9 Å². The highest BCUT2D eigenvalue weighted by molar-refractivity contribution is 5.99. The largest absolute Gasteiger partial charge is 0.359 e. The topological polar surface area (TPSA) is 117 Å². The van der Waals surface area contributed by atoms with Gasteiger partial charge in [0.2, 0.25) is 0 Å². The van der Waals surface area contributed by atoms with Gasteiger partial charge in [0.1, 0.15) is 17.2 Å². The van der Waals surface area contributed by atoms with Gasteiger partial charge in [0, 0.05) is 35.8 Å². The molecule has 1 fully saturated rings. The molecule has 0 radical (unpaired) electrons. The third-order valence-electron chi connectivity index (χ3n) is 8.78. The summed E-state index contributed by atoms with van der Waals surface area (Å²) in [5.41, 5.74) is 6.79. The number of amides is 4. The van der Waals surface area contributed by atoms with Gasteiger partial charge in [-0.25, -0.2) is 14.3 Å². The van der Waals surface area contributed by atoms with E-state index in [1.807, 2.05) is 84.6 Å². The number of hydrogen-bond acceptors (Lipinski definition) is 5. The maximum Gasteiger partial charge on any atom is 0.324 e. The number of rotatable bonds is 7. The van der Waals surface area contributed by atoms with E-state index in [9.17, 15) is 9.59 Å². The average Bonchev–Trinajstić information content (AvgIpc) is 3.66. The molecule has 5 aromatic rings. The van der Waals surface area contributed by atoms with Crippen molar-refractivity contribution >= 4 is 29.3 Å². The fourth-order valence-electron chi connectivity index (χ4n) is 5.89. The van der Waals surface area contributed by atoms with Crippen LogP contribution in [-0.2, 0) is 11.8 Å². The Morgan fingerprint density at radius 2 is 1.56 bits per heavy atom. The fraction of sp³-hybridized carbons (Fsp3) is 0.316. The minimum Gasteiger partial charge on any atom is -0.359 e. The highest BCUT2D eigenvalue weighted by Crippen LogP contribution is 2.31. The number of likely N-dealkylation sites (tertiary alicyclic amines) is 1. The van der Waals surface area contributed by atoms with Crippen LogP contribution in [0.5, 0.6) is 0 Å². The SMILES string of the molecule is Cc1ccc(-n2nc(C(C)(C)C)cc2NC(=O)Nc2ccc(CC3CCN(C(=O)Nc4c(-c5ccccc5)noc4C)CC3)cc2)cc1. The second kappa shape index (κ2) is 13.8. The predicted octanol–water partition coefficient (Wildman–Crippen LogP) is 8.57. The summed E-state index contributed by atoms with van der Waals surface area (Å²) in [5.74, 6) is 1.65. The van der Waals surface area contributed by atoms with Crippen LogP contribution < -0.4 is 16.0 Å². The minimum absolute atomic E-state index is 0.137. The summed E-state index contributed by atoms with van der Waals surface area (Å²) >= 11 is 0. The number of anilines is 3. The van der Waals surface area contributed by atoms with E-state index < -0.39 is 0 Å². The van der Waals surface area contributed by atoms with Crippen molar-refractivity contribution < 1.29 is 14.1 Å². The molecular weight excluding hydrogens is 602 g/mol. The van der Waals surface area contributed by atoms with Crippen LogP contribution in [0.3, 0.4) is 0 Å². The van der Waals surface area contributed by atoms with Crippen molar-refractivity contribution in [3.05, 3.63) is 108 Å². The smallest absolute Gasteiger partial charge is 0.324 e. The lowest BCUT2D eigenvalue weighted by Crippen LogP contribution is -2.41. The number of piperidine rings is 1. The molecule has 248 valence electrons. The Balaban J connectivity index is 1.01. The molecule has 10 nitrogen and oxygen atoms in total. The number of nitrogens with one attached hydrogen (secondary N) is 3. The predicted molar refractivity (Wildman–Crippen MR) is 190 cm³/mol. The number of benzene rings is 3. The molecule has 1 saturated heterocycles. The van der Waals surface area contributed by atoms with Crippen LogP contribution in [0.4, 0.5) is 26.8 Å². The molecule has 0 unspecified atom stereocenters. The average molecular weight is 646 g/mol. The van der Waals surface area contributed by atoms with Gasteiger partial charge in [0.25, 0.3) is 0 Å². The van der Waals surface area contributed by atoms with Gasteiger partial charge in [-0.2, -0.15) is 5.10 Å². The van der Waals surface area contributed by atoms with Crippen LogP contribution in [0.15, 0.2) is 89.5 Å². The molecule has 3 N–H and O–H groups in total. The first-order valence-electron chi connectivity index (χ1n) is 16.5. The Morgan fingerprint density at radius 1 is 0.875 bits per heavy atom. The zero-order valence-electron chi connectivity index (χ0n) is 28.2. The standard InChI is InChI=1S/C38H43N7O3/c1-25-11-17-31(18-12-25)45-33(24-32(42-45)38(3,4)5)40-36(46)39-30-15-13-27(14-16-30)23-28-19-21-44(22-20-28)37(47)41-34-26(2)48-43-35(34)29-9-7-6-8-10-29/h6-18,24,28H,19-23H2,1-5H3,(H,41,47)(H2,39,40,46). The van der Waals surface area contributed by atoms with E-state index in [1.165, 1.54) is 5.56 Å². The van der Waals surface area contributed by atoms with E-state index in [-0.39, 0.29) is 17.5 Å². The minimum atomic E-state index is -0.334. The lowest BCUT2D eigenvalue weighted by molar-refractivity contribution is 0.182. The molecule has 1 aliphatic heterocycles. The molecule has 1 aliphatic rings. The van der Waals surface area contributed by atoms with Crippen LogP contribution in [0.1, 0.15) is 56.2 Å². The highest BCUT2D eigenvalue weighted by atomic mass is 16.5. The Hall–Kier alpha value is -5.38. The first-order chi connectivity index (χ1) is 23.0. The van der Waals surface area contributed by atoms with Crippen LogP contribution in [0, 0.1) is 19.8 Å². The first-order valence-corrected chi connectivity index (χ1v) is 16.5. The zero-order chi connectivity index (χ0) is 33.8. The summed E-state index contributed by atoms with van der Waals surface area (Å²) in [5, 5.41) is 18.0. The number of carbonyl (C=O) groups excluding carboxylic acids is 2. The van der Waals surface area contributed by atoms with E-state index in [0.29, 0.717) is 47.7 Å². The van der Waals surface area contributed by atoms with E-state index in [0.717, 1.165) is 41.8 Å². The molecule has 0 saturated carbocycles. The van der Waals surface area contributed by atoms with E-state index in [2.05, 4.69) is 54.0 Å². The van der Waals surface area contributed by atoms with Crippen molar-refractivity contribution in [1.29, 1.82) is 0 Å². The summed E-state index contributed by atoms with van der Waals surface area (Å²) in [6.07, 6.45) is 2.74. The lowest BCUT2D eigenvalue weighted by Gasteiger charge is -2.32. The Kier molecular flexibility index (Phi) is 9.34. The summed E-state index contributed by atoms with van der Waals surface area (Å²) < 4.78 is 7.17.